The zero-order chi connectivity index (χ0) is 13.4. The lowest BCUT2D eigenvalue weighted by Gasteiger charge is -2.08. The molecule has 98 valence electrons. The SMILES string of the molecule is Clc1ccc(Nc2cc(Br)nc(C3CC3)n2)cc1Br. The fourth-order valence-corrected chi connectivity index (χ4v) is 2.64. The van der Waals surface area contributed by atoms with E-state index in [9.17, 15) is 0 Å². The summed E-state index contributed by atoms with van der Waals surface area (Å²) in [7, 11) is 0. The second-order valence-electron chi connectivity index (χ2n) is 4.46. The Labute approximate surface area is 133 Å². The van der Waals surface area contributed by atoms with Crippen molar-refractivity contribution in [2.45, 2.75) is 18.8 Å². The maximum Gasteiger partial charge on any atom is 0.135 e. The van der Waals surface area contributed by atoms with Crippen molar-refractivity contribution in [2.24, 2.45) is 0 Å². The van der Waals surface area contributed by atoms with Gasteiger partial charge in [-0.15, -0.1) is 0 Å². The summed E-state index contributed by atoms with van der Waals surface area (Å²) in [4.78, 5) is 8.95. The molecule has 3 rings (SSSR count). The highest BCUT2D eigenvalue weighted by molar-refractivity contribution is 9.10. The summed E-state index contributed by atoms with van der Waals surface area (Å²) in [5, 5.41) is 3.95. The van der Waals surface area contributed by atoms with Gasteiger partial charge in [-0.05, 0) is 62.9 Å². The van der Waals surface area contributed by atoms with Gasteiger partial charge in [-0.2, -0.15) is 0 Å². The van der Waals surface area contributed by atoms with Gasteiger partial charge in [-0.1, -0.05) is 11.6 Å². The quantitative estimate of drug-likeness (QED) is 0.709. The van der Waals surface area contributed by atoms with E-state index in [4.69, 9.17) is 11.6 Å². The molecule has 0 radical (unpaired) electrons. The van der Waals surface area contributed by atoms with Crippen LogP contribution in [0.3, 0.4) is 0 Å². The van der Waals surface area contributed by atoms with Gasteiger partial charge in [0.1, 0.15) is 16.2 Å². The molecule has 1 N–H and O–H groups in total. The van der Waals surface area contributed by atoms with E-state index in [0.717, 1.165) is 26.4 Å². The normalized spacial score (nSPS) is 14.5. The molecule has 0 atom stereocenters. The van der Waals surface area contributed by atoms with Crippen molar-refractivity contribution in [2.75, 3.05) is 5.32 Å². The molecule has 1 aromatic carbocycles. The van der Waals surface area contributed by atoms with E-state index in [1.54, 1.807) is 0 Å². The number of nitrogens with zero attached hydrogens (tertiary/aromatic N) is 2. The van der Waals surface area contributed by atoms with Crippen LogP contribution < -0.4 is 5.32 Å². The fraction of sp³-hybridized carbons (Fsp3) is 0.231. The van der Waals surface area contributed by atoms with Gasteiger partial charge in [0.25, 0.3) is 0 Å². The molecule has 0 spiro atoms. The lowest BCUT2D eigenvalue weighted by Crippen LogP contribution is -1.99. The molecule has 3 nitrogen and oxygen atoms in total. The lowest BCUT2D eigenvalue weighted by molar-refractivity contribution is 0.919. The van der Waals surface area contributed by atoms with Crippen LogP contribution in [-0.2, 0) is 0 Å². The first-order valence-corrected chi connectivity index (χ1v) is 7.85. The number of halogens is 3. The van der Waals surface area contributed by atoms with E-state index in [-0.39, 0.29) is 0 Å². The Balaban J connectivity index is 1.87. The van der Waals surface area contributed by atoms with Gasteiger partial charge in [-0.3, -0.25) is 0 Å². The zero-order valence-electron chi connectivity index (χ0n) is 9.83. The summed E-state index contributed by atoms with van der Waals surface area (Å²) < 4.78 is 1.66. The van der Waals surface area contributed by atoms with Gasteiger partial charge in [-0.25, -0.2) is 9.97 Å². The molecule has 6 heteroatoms. The standard InChI is InChI=1S/C13H10Br2ClN3/c14-9-5-8(3-4-10(9)16)17-12-6-11(15)18-13(19-12)7-1-2-7/h3-7H,1-2H2,(H,17,18,19). The van der Waals surface area contributed by atoms with Crippen LogP contribution in [-0.4, -0.2) is 9.97 Å². The average Bonchev–Trinajstić information content (AvgIpc) is 3.17. The van der Waals surface area contributed by atoms with E-state index < -0.39 is 0 Å². The van der Waals surface area contributed by atoms with E-state index in [2.05, 4.69) is 47.1 Å². The maximum atomic E-state index is 5.98. The lowest BCUT2D eigenvalue weighted by atomic mass is 10.3. The summed E-state index contributed by atoms with van der Waals surface area (Å²) >= 11 is 12.8. The molecule has 0 unspecified atom stereocenters. The van der Waals surface area contributed by atoms with Crippen LogP contribution in [0.25, 0.3) is 0 Å². The molecular weight excluding hydrogens is 393 g/mol. The number of aromatic nitrogens is 2. The van der Waals surface area contributed by atoms with Crippen molar-refractivity contribution in [3.8, 4) is 0 Å². The molecule has 0 saturated heterocycles. The Hall–Kier alpha value is -0.650. The van der Waals surface area contributed by atoms with Crippen LogP contribution in [0, 0.1) is 0 Å². The van der Waals surface area contributed by atoms with Crippen molar-refractivity contribution in [3.63, 3.8) is 0 Å². The van der Waals surface area contributed by atoms with Gasteiger partial charge in [0.05, 0.1) is 5.02 Å². The van der Waals surface area contributed by atoms with Crippen molar-refractivity contribution < 1.29 is 0 Å². The molecule has 1 fully saturated rings. The molecule has 1 heterocycles. The Morgan fingerprint density at radius 1 is 1.16 bits per heavy atom. The van der Waals surface area contributed by atoms with Gasteiger partial charge in [0.2, 0.25) is 0 Å². The third-order valence-electron chi connectivity index (χ3n) is 2.85. The summed E-state index contributed by atoms with van der Waals surface area (Å²) in [6, 6.07) is 7.55. The minimum absolute atomic E-state index is 0.523. The van der Waals surface area contributed by atoms with Crippen molar-refractivity contribution in [3.05, 3.63) is 44.2 Å². The number of rotatable bonds is 3. The summed E-state index contributed by atoms with van der Waals surface area (Å²) in [6.45, 7) is 0. The van der Waals surface area contributed by atoms with E-state index in [1.807, 2.05) is 24.3 Å². The zero-order valence-corrected chi connectivity index (χ0v) is 13.8. The molecular formula is C13H10Br2ClN3. The highest BCUT2D eigenvalue weighted by atomic mass is 79.9. The van der Waals surface area contributed by atoms with Gasteiger partial charge in [0.15, 0.2) is 0 Å². The first-order valence-electron chi connectivity index (χ1n) is 5.88. The monoisotopic (exact) mass is 401 g/mol. The van der Waals surface area contributed by atoms with Gasteiger partial charge < -0.3 is 5.32 Å². The van der Waals surface area contributed by atoms with Crippen LogP contribution in [0.5, 0.6) is 0 Å². The third kappa shape index (κ3) is 3.27. The van der Waals surface area contributed by atoms with Crippen molar-refractivity contribution in [1.82, 2.24) is 9.97 Å². The highest BCUT2D eigenvalue weighted by Crippen LogP contribution is 2.39. The minimum Gasteiger partial charge on any atom is -0.340 e. The Bertz CT molecular complexity index is 629. The smallest absolute Gasteiger partial charge is 0.135 e. The highest BCUT2D eigenvalue weighted by Gasteiger charge is 2.27. The predicted octanol–water partition coefficient (Wildman–Crippen LogP) is 5.28. The molecule has 1 aromatic heterocycles. The largest absolute Gasteiger partial charge is 0.340 e. The van der Waals surface area contributed by atoms with Crippen molar-refractivity contribution in [1.29, 1.82) is 0 Å². The maximum absolute atomic E-state index is 5.98. The third-order valence-corrected chi connectivity index (χ3v) is 4.47. The van der Waals surface area contributed by atoms with Crippen LogP contribution in [0.2, 0.25) is 5.02 Å². The average molecular weight is 404 g/mol. The van der Waals surface area contributed by atoms with Crippen LogP contribution >= 0.6 is 43.5 Å². The van der Waals surface area contributed by atoms with Gasteiger partial charge >= 0.3 is 0 Å². The summed E-state index contributed by atoms with van der Waals surface area (Å²) in [5.74, 6) is 2.22. The fourth-order valence-electron chi connectivity index (χ4n) is 1.75. The molecule has 0 bridgehead atoms. The van der Waals surface area contributed by atoms with E-state index in [0.29, 0.717) is 10.9 Å². The molecule has 1 saturated carbocycles. The molecule has 2 aromatic rings. The minimum atomic E-state index is 0.523. The van der Waals surface area contributed by atoms with Crippen molar-refractivity contribution >= 4 is 55.0 Å². The van der Waals surface area contributed by atoms with Crippen LogP contribution in [0.15, 0.2) is 33.3 Å². The Kier molecular flexibility index (Phi) is 3.78. The molecule has 1 aliphatic rings. The predicted molar refractivity (Wildman–Crippen MR) is 84.1 cm³/mol. The van der Waals surface area contributed by atoms with Crippen LogP contribution in [0.1, 0.15) is 24.6 Å². The summed E-state index contributed by atoms with van der Waals surface area (Å²) in [6.07, 6.45) is 2.37. The Morgan fingerprint density at radius 2 is 1.95 bits per heavy atom. The Morgan fingerprint density at radius 3 is 2.63 bits per heavy atom. The molecule has 1 aliphatic carbocycles. The molecule has 0 amide bonds. The number of hydrogen-bond donors (Lipinski definition) is 1. The number of hydrogen-bond acceptors (Lipinski definition) is 3. The summed E-state index contributed by atoms with van der Waals surface area (Å²) in [5.41, 5.74) is 0.934. The molecule has 0 aliphatic heterocycles. The van der Waals surface area contributed by atoms with E-state index in [1.165, 1.54) is 12.8 Å². The van der Waals surface area contributed by atoms with Crippen LogP contribution in [0.4, 0.5) is 11.5 Å². The second kappa shape index (κ2) is 5.38. The van der Waals surface area contributed by atoms with E-state index >= 15 is 0 Å². The molecule has 19 heavy (non-hydrogen) atoms. The van der Waals surface area contributed by atoms with Gasteiger partial charge in [0, 0.05) is 22.1 Å². The number of nitrogens with one attached hydrogen (secondary N) is 1. The topological polar surface area (TPSA) is 37.8 Å². The number of benzene rings is 1. The first-order chi connectivity index (χ1) is 9.11. The second-order valence-corrected chi connectivity index (χ2v) is 6.54. The first kappa shape index (κ1) is 13.3. The number of anilines is 2.